The summed E-state index contributed by atoms with van der Waals surface area (Å²) < 4.78 is 0. The van der Waals surface area contributed by atoms with E-state index in [1.165, 1.54) is 0 Å². The molecule has 0 aliphatic carbocycles. The van der Waals surface area contributed by atoms with Crippen LogP contribution in [0.4, 0.5) is 10.5 Å². The molecule has 0 saturated carbocycles. The van der Waals surface area contributed by atoms with Crippen molar-refractivity contribution in [2.45, 2.75) is 12.5 Å². The van der Waals surface area contributed by atoms with Crippen LogP contribution in [0, 0.1) is 0 Å². The Kier molecular flexibility index (Phi) is 4.55. The van der Waals surface area contributed by atoms with E-state index in [9.17, 15) is 4.79 Å². The molecule has 1 N–H and O–H groups in total. The molecule has 2 rings (SSSR count). The number of amides is 2. The van der Waals surface area contributed by atoms with Crippen molar-refractivity contribution in [1.29, 1.82) is 0 Å². The molecule has 1 aliphatic rings. The first kappa shape index (κ1) is 14.4. The van der Waals surface area contributed by atoms with E-state index < -0.39 is 0 Å². The van der Waals surface area contributed by atoms with Gasteiger partial charge in [-0.05, 0) is 38.7 Å². The Morgan fingerprint density at radius 1 is 1.42 bits per heavy atom. The van der Waals surface area contributed by atoms with Gasteiger partial charge in [0.15, 0.2) is 0 Å². The maximum Gasteiger partial charge on any atom is 0.321 e. The van der Waals surface area contributed by atoms with Crippen LogP contribution in [0.25, 0.3) is 0 Å². The average Bonchev–Trinajstić information content (AvgIpc) is 2.83. The van der Waals surface area contributed by atoms with Crippen molar-refractivity contribution in [3.8, 4) is 0 Å². The second kappa shape index (κ2) is 5.99. The third kappa shape index (κ3) is 3.53. The van der Waals surface area contributed by atoms with E-state index >= 15 is 0 Å². The van der Waals surface area contributed by atoms with Crippen LogP contribution in [0.15, 0.2) is 18.2 Å². The van der Waals surface area contributed by atoms with E-state index in [1.807, 2.05) is 14.1 Å². The maximum absolute atomic E-state index is 12.1. The summed E-state index contributed by atoms with van der Waals surface area (Å²) in [5.41, 5.74) is 0.549. The summed E-state index contributed by atoms with van der Waals surface area (Å²) in [5, 5.41) is 3.84. The van der Waals surface area contributed by atoms with Crippen molar-refractivity contribution in [3.63, 3.8) is 0 Å². The van der Waals surface area contributed by atoms with Gasteiger partial charge in [0.25, 0.3) is 0 Å². The number of hydrogen-bond acceptors (Lipinski definition) is 2. The van der Waals surface area contributed by atoms with Gasteiger partial charge in [-0.2, -0.15) is 0 Å². The number of hydrogen-bond donors (Lipinski definition) is 1. The number of nitrogens with one attached hydrogen (secondary N) is 1. The first-order chi connectivity index (χ1) is 8.97. The van der Waals surface area contributed by atoms with Crippen LogP contribution in [0.5, 0.6) is 0 Å². The molecule has 104 valence electrons. The molecule has 1 fully saturated rings. The normalized spacial score (nSPS) is 19.0. The topological polar surface area (TPSA) is 35.6 Å². The molecule has 0 bridgehead atoms. The van der Waals surface area contributed by atoms with Gasteiger partial charge in [0.1, 0.15) is 0 Å². The SMILES string of the molecule is CN(C)[C@H]1CCN(C(=O)Nc2cc(Cl)ccc2Cl)C1. The fourth-order valence-electron chi connectivity index (χ4n) is 2.14. The lowest BCUT2D eigenvalue weighted by molar-refractivity contribution is 0.216. The molecule has 1 aliphatic heterocycles. The average molecular weight is 302 g/mol. The predicted octanol–water partition coefficient (Wildman–Crippen LogP) is 3.16. The number of urea groups is 1. The quantitative estimate of drug-likeness (QED) is 0.911. The molecule has 1 heterocycles. The van der Waals surface area contributed by atoms with Crippen LogP contribution in [0.3, 0.4) is 0 Å². The van der Waals surface area contributed by atoms with E-state index in [1.54, 1.807) is 23.1 Å². The molecule has 19 heavy (non-hydrogen) atoms. The van der Waals surface area contributed by atoms with Crippen LogP contribution in [0.1, 0.15) is 6.42 Å². The molecule has 0 unspecified atom stereocenters. The Balaban J connectivity index is 2.00. The summed E-state index contributed by atoms with van der Waals surface area (Å²) in [4.78, 5) is 16.1. The van der Waals surface area contributed by atoms with Crippen molar-refractivity contribution >= 4 is 34.9 Å². The van der Waals surface area contributed by atoms with E-state index in [0.717, 1.165) is 19.5 Å². The molecule has 4 nitrogen and oxygen atoms in total. The number of carbonyl (C=O) groups is 1. The summed E-state index contributed by atoms with van der Waals surface area (Å²) in [6, 6.07) is 5.30. The van der Waals surface area contributed by atoms with E-state index in [2.05, 4.69) is 10.2 Å². The summed E-state index contributed by atoms with van der Waals surface area (Å²) in [6.07, 6.45) is 0.990. The zero-order valence-corrected chi connectivity index (χ0v) is 12.5. The second-order valence-corrected chi connectivity index (χ2v) is 5.75. The van der Waals surface area contributed by atoms with Gasteiger partial charge in [0, 0.05) is 24.2 Å². The summed E-state index contributed by atoms with van der Waals surface area (Å²) >= 11 is 11.9. The predicted molar refractivity (Wildman–Crippen MR) is 79.1 cm³/mol. The van der Waals surface area contributed by atoms with Crippen molar-refractivity contribution in [1.82, 2.24) is 9.80 Å². The smallest absolute Gasteiger partial charge is 0.321 e. The van der Waals surface area contributed by atoms with Crippen molar-refractivity contribution in [2.75, 3.05) is 32.5 Å². The van der Waals surface area contributed by atoms with Crippen LogP contribution in [0.2, 0.25) is 10.0 Å². The minimum atomic E-state index is -0.131. The van der Waals surface area contributed by atoms with Crippen LogP contribution in [-0.4, -0.2) is 49.1 Å². The molecule has 1 atom stereocenters. The number of halogens is 2. The Bertz CT molecular complexity index is 479. The van der Waals surface area contributed by atoms with E-state index in [4.69, 9.17) is 23.2 Å². The summed E-state index contributed by atoms with van der Waals surface area (Å²) in [7, 11) is 4.06. The molecule has 2 amide bonds. The Morgan fingerprint density at radius 3 is 2.79 bits per heavy atom. The van der Waals surface area contributed by atoms with Crippen molar-refractivity contribution < 1.29 is 4.79 Å². The molecule has 0 radical (unpaired) electrons. The highest BCUT2D eigenvalue weighted by atomic mass is 35.5. The van der Waals surface area contributed by atoms with Gasteiger partial charge in [0.2, 0.25) is 0 Å². The molecule has 0 spiro atoms. The highest BCUT2D eigenvalue weighted by molar-refractivity contribution is 6.35. The fraction of sp³-hybridized carbons (Fsp3) is 0.462. The standard InChI is InChI=1S/C13H17Cl2N3O/c1-17(2)10-5-6-18(8-10)13(19)16-12-7-9(14)3-4-11(12)15/h3-4,7,10H,5-6,8H2,1-2H3,(H,16,19)/t10-/m0/s1. The number of likely N-dealkylation sites (tertiary alicyclic amines) is 1. The molecule has 1 saturated heterocycles. The molecule has 1 aromatic carbocycles. The molecular formula is C13H17Cl2N3O. The van der Waals surface area contributed by atoms with Crippen LogP contribution < -0.4 is 5.32 Å². The van der Waals surface area contributed by atoms with Gasteiger partial charge in [-0.25, -0.2) is 4.79 Å². The lowest BCUT2D eigenvalue weighted by atomic mass is 10.2. The van der Waals surface area contributed by atoms with E-state index in [0.29, 0.717) is 21.8 Å². The Hall–Kier alpha value is -0.970. The van der Waals surface area contributed by atoms with Gasteiger partial charge in [0.05, 0.1) is 10.7 Å². The molecule has 6 heteroatoms. The lowest BCUT2D eigenvalue weighted by Crippen LogP contribution is -2.36. The van der Waals surface area contributed by atoms with Gasteiger partial charge in [-0.15, -0.1) is 0 Å². The Morgan fingerprint density at radius 2 is 2.16 bits per heavy atom. The summed E-state index contributed by atoms with van der Waals surface area (Å²) in [5.74, 6) is 0. The second-order valence-electron chi connectivity index (χ2n) is 4.91. The van der Waals surface area contributed by atoms with Gasteiger partial charge >= 0.3 is 6.03 Å². The third-order valence-corrected chi connectivity index (χ3v) is 3.92. The van der Waals surface area contributed by atoms with Crippen LogP contribution in [-0.2, 0) is 0 Å². The van der Waals surface area contributed by atoms with Gasteiger partial charge < -0.3 is 15.1 Å². The highest BCUT2D eigenvalue weighted by Gasteiger charge is 2.27. The van der Waals surface area contributed by atoms with Gasteiger partial charge in [-0.1, -0.05) is 23.2 Å². The first-order valence-corrected chi connectivity index (χ1v) is 6.90. The third-order valence-electron chi connectivity index (χ3n) is 3.35. The largest absolute Gasteiger partial charge is 0.323 e. The van der Waals surface area contributed by atoms with Gasteiger partial charge in [-0.3, -0.25) is 0 Å². The maximum atomic E-state index is 12.1. The summed E-state index contributed by atoms with van der Waals surface area (Å²) in [6.45, 7) is 1.49. The number of likely N-dealkylation sites (N-methyl/N-ethyl adjacent to an activating group) is 1. The molecule has 1 aromatic rings. The minimum Gasteiger partial charge on any atom is -0.323 e. The number of nitrogens with zero attached hydrogens (tertiary/aromatic N) is 2. The first-order valence-electron chi connectivity index (χ1n) is 6.15. The highest BCUT2D eigenvalue weighted by Crippen LogP contribution is 2.26. The number of benzene rings is 1. The van der Waals surface area contributed by atoms with Crippen molar-refractivity contribution in [3.05, 3.63) is 28.2 Å². The Labute approximate surface area is 123 Å². The van der Waals surface area contributed by atoms with Crippen LogP contribution >= 0.6 is 23.2 Å². The number of anilines is 1. The fourth-order valence-corrected chi connectivity index (χ4v) is 2.47. The zero-order chi connectivity index (χ0) is 14.0. The van der Waals surface area contributed by atoms with Crippen molar-refractivity contribution in [2.24, 2.45) is 0 Å². The monoisotopic (exact) mass is 301 g/mol. The minimum absolute atomic E-state index is 0.131. The number of carbonyl (C=O) groups excluding carboxylic acids is 1. The molecule has 0 aromatic heterocycles. The zero-order valence-electron chi connectivity index (χ0n) is 11.0. The molecular weight excluding hydrogens is 285 g/mol. The lowest BCUT2D eigenvalue weighted by Gasteiger charge is -2.21. The number of rotatable bonds is 2. The van der Waals surface area contributed by atoms with E-state index in [-0.39, 0.29) is 6.03 Å².